The smallest absolute Gasteiger partial charge is 0.387 e. The fraction of sp³-hybridized carbons (Fsp3) is 0.312. The van der Waals surface area contributed by atoms with E-state index < -0.39 is 6.61 Å². The molecule has 2 aromatic rings. The van der Waals surface area contributed by atoms with Gasteiger partial charge in [0.05, 0.1) is 12.1 Å². The number of ether oxygens (including phenoxy) is 1. The summed E-state index contributed by atoms with van der Waals surface area (Å²) in [5.41, 5.74) is 0.841. The van der Waals surface area contributed by atoms with Gasteiger partial charge in [-0.15, -0.1) is 11.3 Å². The van der Waals surface area contributed by atoms with E-state index in [2.05, 4.69) is 20.4 Å². The van der Waals surface area contributed by atoms with Crippen molar-refractivity contribution in [1.82, 2.24) is 4.98 Å². The van der Waals surface area contributed by atoms with E-state index in [1.54, 1.807) is 25.3 Å². The van der Waals surface area contributed by atoms with E-state index in [-0.39, 0.29) is 29.9 Å². The van der Waals surface area contributed by atoms with Gasteiger partial charge in [-0.25, -0.2) is 4.98 Å². The monoisotopic (exact) mass is 369 g/mol. The number of aromatic nitrogens is 1. The van der Waals surface area contributed by atoms with Crippen molar-refractivity contribution in [2.24, 2.45) is 5.92 Å². The van der Waals surface area contributed by atoms with Crippen LogP contribution in [0.1, 0.15) is 19.5 Å². The van der Waals surface area contributed by atoms with Crippen LogP contribution in [0.2, 0.25) is 0 Å². The molecule has 2 amide bonds. The van der Waals surface area contributed by atoms with Crippen LogP contribution in [0.25, 0.3) is 0 Å². The van der Waals surface area contributed by atoms with Crippen molar-refractivity contribution in [3.05, 3.63) is 35.3 Å². The molecule has 0 atom stereocenters. The Morgan fingerprint density at radius 2 is 2.04 bits per heavy atom. The lowest BCUT2D eigenvalue weighted by Crippen LogP contribution is -2.18. The number of hydrogen-bond donors (Lipinski definition) is 2. The van der Waals surface area contributed by atoms with E-state index in [1.807, 2.05) is 0 Å². The van der Waals surface area contributed by atoms with E-state index in [0.29, 0.717) is 16.5 Å². The Hall–Kier alpha value is -2.55. The van der Waals surface area contributed by atoms with Crippen molar-refractivity contribution in [2.75, 3.05) is 10.6 Å². The number of carbonyl (C=O) groups excluding carboxylic acids is 2. The second-order valence-electron chi connectivity index (χ2n) is 5.42. The van der Waals surface area contributed by atoms with Crippen molar-refractivity contribution >= 4 is 34.0 Å². The number of amides is 2. The first-order chi connectivity index (χ1) is 11.8. The second kappa shape index (κ2) is 8.52. The minimum Gasteiger partial charge on any atom is -0.435 e. The Morgan fingerprint density at radius 1 is 1.28 bits per heavy atom. The highest BCUT2D eigenvalue weighted by molar-refractivity contribution is 7.13. The quantitative estimate of drug-likeness (QED) is 0.783. The van der Waals surface area contributed by atoms with Crippen LogP contribution >= 0.6 is 11.3 Å². The van der Waals surface area contributed by atoms with E-state index in [1.165, 1.54) is 29.5 Å². The van der Waals surface area contributed by atoms with Crippen LogP contribution in [-0.2, 0) is 16.0 Å². The van der Waals surface area contributed by atoms with Crippen LogP contribution in [0.5, 0.6) is 5.75 Å². The van der Waals surface area contributed by atoms with E-state index in [4.69, 9.17) is 0 Å². The third-order valence-electron chi connectivity index (χ3n) is 2.99. The molecule has 0 fully saturated rings. The molecule has 0 bridgehead atoms. The summed E-state index contributed by atoms with van der Waals surface area (Å²) < 4.78 is 28.7. The summed E-state index contributed by atoms with van der Waals surface area (Å²) in [5, 5.41) is 7.34. The van der Waals surface area contributed by atoms with Gasteiger partial charge >= 0.3 is 6.61 Å². The van der Waals surface area contributed by atoms with Crippen LogP contribution < -0.4 is 15.4 Å². The molecule has 0 aliphatic rings. The Balaban J connectivity index is 1.92. The number of nitrogens with one attached hydrogen (secondary N) is 2. The molecule has 0 unspecified atom stereocenters. The molecule has 1 aromatic carbocycles. The van der Waals surface area contributed by atoms with Crippen LogP contribution in [0.4, 0.5) is 19.6 Å². The number of rotatable bonds is 7. The summed E-state index contributed by atoms with van der Waals surface area (Å²) in [4.78, 5) is 27.8. The lowest BCUT2D eigenvalue weighted by Gasteiger charge is -2.08. The number of thiazole rings is 1. The number of anilines is 2. The van der Waals surface area contributed by atoms with E-state index >= 15 is 0 Å². The highest BCUT2D eigenvalue weighted by Crippen LogP contribution is 2.20. The topological polar surface area (TPSA) is 80.3 Å². The number of nitrogens with zero attached hydrogens (tertiary/aromatic N) is 1. The normalized spacial score (nSPS) is 10.8. The van der Waals surface area contributed by atoms with Gasteiger partial charge in [-0.2, -0.15) is 8.78 Å². The summed E-state index contributed by atoms with van der Waals surface area (Å²) in [6.07, 6.45) is -0.00597. The zero-order valence-corrected chi connectivity index (χ0v) is 14.4. The summed E-state index contributed by atoms with van der Waals surface area (Å²) in [7, 11) is 0. The van der Waals surface area contributed by atoms with Gasteiger partial charge in [-0.05, 0) is 12.1 Å². The van der Waals surface area contributed by atoms with Crippen molar-refractivity contribution < 1.29 is 23.1 Å². The first kappa shape index (κ1) is 18.8. The standard InChI is InChI=1S/C16H17F2N3O3S/c1-9(2)14(23)21-16-20-11(8-25-16)7-13(22)19-10-4-3-5-12(6-10)24-15(17)18/h3-6,8-9,15H,7H2,1-2H3,(H,19,22)(H,20,21,23). The largest absolute Gasteiger partial charge is 0.435 e. The van der Waals surface area contributed by atoms with Gasteiger partial charge in [-0.1, -0.05) is 19.9 Å². The summed E-state index contributed by atoms with van der Waals surface area (Å²) in [6.45, 7) is 0.604. The first-order valence-corrected chi connectivity index (χ1v) is 8.31. The fourth-order valence-corrected chi connectivity index (χ4v) is 2.53. The summed E-state index contributed by atoms with van der Waals surface area (Å²) in [5.74, 6) is -0.721. The van der Waals surface area contributed by atoms with Crippen molar-refractivity contribution in [3.8, 4) is 5.75 Å². The maximum Gasteiger partial charge on any atom is 0.387 e. The number of halogens is 2. The summed E-state index contributed by atoms with van der Waals surface area (Å²) in [6, 6.07) is 5.73. The van der Waals surface area contributed by atoms with E-state index in [0.717, 1.165) is 0 Å². The van der Waals surface area contributed by atoms with Gasteiger partial charge in [0.2, 0.25) is 11.8 Å². The first-order valence-electron chi connectivity index (χ1n) is 7.43. The zero-order valence-electron chi connectivity index (χ0n) is 13.6. The molecule has 2 N–H and O–H groups in total. The minimum absolute atomic E-state index is 0.00597. The Morgan fingerprint density at radius 3 is 2.72 bits per heavy atom. The maximum atomic E-state index is 12.2. The Labute approximate surface area is 147 Å². The molecule has 0 saturated heterocycles. The lowest BCUT2D eigenvalue weighted by atomic mass is 10.2. The molecular weight excluding hydrogens is 352 g/mol. The van der Waals surface area contributed by atoms with Gasteiger partial charge in [0, 0.05) is 23.1 Å². The average Bonchev–Trinajstić information content (AvgIpc) is 2.93. The minimum atomic E-state index is -2.93. The number of hydrogen-bond acceptors (Lipinski definition) is 5. The van der Waals surface area contributed by atoms with Crippen LogP contribution in [0.15, 0.2) is 29.6 Å². The predicted molar refractivity (Wildman–Crippen MR) is 91.0 cm³/mol. The summed E-state index contributed by atoms with van der Waals surface area (Å²) >= 11 is 1.23. The van der Waals surface area contributed by atoms with Crippen molar-refractivity contribution in [2.45, 2.75) is 26.9 Å². The fourth-order valence-electron chi connectivity index (χ4n) is 1.82. The van der Waals surface area contributed by atoms with E-state index in [9.17, 15) is 18.4 Å². The Bertz CT molecular complexity index is 750. The number of alkyl halides is 2. The van der Waals surface area contributed by atoms with Gasteiger partial charge in [-0.3, -0.25) is 9.59 Å². The molecule has 0 aliphatic heterocycles. The molecule has 0 radical (unpaired) electrons. The molecule has 1 aromatic heterocycles. The van der Waals surface area contributed by atoms with Gasteiger partial charge in [0.15, 0.2) is 5.13 Å². The van der Waals surface area contributed by atoms with Crippen LogP contribution in [0, 0.1) is 5.92 Å². The molecule has 6 nitrogen and oxygen atoms in total. The second-order valence-corrected chi connectivity index (χ2v) is 6.28. The predicted octanol–water partition coefficient (Wildman–Crippen LogP) is 3.52. The number of benzene rings is 1. The molecule has 0 saturated carbocycles. The van der Waals surface area contributed by atoms with Crippen LogP contribution in [0.3, 0.4) is 0 Å². The van der Waals surface area contributed by atoms with Gasteiger partial charge in [0.25, 0.3) is 0 Å². The SMILES string of the molecule is CC(C)C(=O)Nc1nc(CC(=O)Nc2cccc(OC(F)F)c2)cs1. The third kappa shape index (κ3) is 6.11. The zero-order chi connectivity index (χ0) is 18.4. The highest BCUT2D eigenvalue weighted by Gasteiger charge is 2.12. The van der Waals surface area contributed by atoms with Gasteiger partial charge in [0.1, 0.15) is 5.75 Å². The molecular formula is C16H17F2N3O3S. The molecule has 0 aliphatic carbocycles. The average molecular weight is 369 g/mol. The molecule has 9 heteroatoms. The van der Waals surface area contributed by atoms with Crippen molar-refractivity contribution in [1.29, 1.82) is 0 Å². The Kier molecular flexibility index (Phi) is 6.40. The molecule has 134 valence electrons. The van der Waals surface area contributed by atoms with Crippen LogP contribution in [-0.4, -0.2) is 23.4 Å². The molecule has 25 heavy (non-hydrogen) atoms. The molecule has 0 spiro atoms. The highest BCUT2D eigenvalue weighted by atomic mass is 32.1. The molecule has 2 rings (SSSR count). The lowest BCUT2D eigenvalue weighted by molar-refractivity contribution is -0.119. The third-order valence-corrected chi connectivity index (χ3v) is 3.80. The van der Waals surface area contributed by atoms with Gasteiger partial charge < -0.3 is 15.4 Å². The van der Waals surface area contributed by atoms with Crippen molar-refractivity contribution in [3.63, 3.8) is 0 Å². The maximum absolute atomic E-state index is 12.2. The number of carbonyl (C=O) groups is 2. The molecule has 1 heterocycles.